The second-order valence-electron chi connectivity index (χ2n) is 7.81. The second kappa shape index (κ2) is 11.5. The van der Waals surface area contributed by atoms with Crippen LogP contribution in [0.25, 0.3) is 0 Å². The molecule has 184 valence electrons. The summed E-state index contributed by atoms with van der Waals surface area (Å²) in [6, 6.07) is 11.7. The van der Waals surface area contributed by atoms with E-state index >= 15 is 0 Å². The molecular weight excluding hydrogens is 468 g/mol. The molecule has 2 amide bonds. The maximum atomic E-state index is 13.0. The number of hydrogen-bond donors (Lipinski definition) is 3. The van der Waals surface area contributed by atoms with Crippen LogP contribution in [-0.4, -0.2) is 34.7 Å². The fourth-order valence-corrected chi connectivity index (χ4v) is 3.70. The Morgan fingerprint density at radius 2 is 1.83 bits per heavy atom. The number of nitrogens with zero attached hydrogens (tertiary/aromatic N) is 3. The van der Waals surface area contributed by atoms with E-state index in [0.717, 1.165) is 23.5 Å². The van der Waals surface area contributed by atoms with E-state index in [1.807, 2.05) is 25.5 Å². The molecule has 9 nitrogen and oxygen atoms in total. The maximum Gasteiger partial charge on any atom is 0.257 e. The van der Waals surface area contributed by atoms with Gasteiger partial charge in [-0.3, -0.25) is 19.6 Å². The van der Waals surface area contributed by atoms with E-state index in [2.05, 4.69) is 26.0 Å². The minimum atomic E-state index is -0.371. The molecule has 2 aromatic carbocycles. The van der Waals surface area contributed by atoms with Gasteiger partial charge in [-0.05, 0) is 63.2 Å². The summed E-state index contributed by atoms with van der Waals surface area (Å²) >= 11 is 6.18. The molecule has 3 aromatic rings. The van der Waals surface area contributed by atoms with Gasteiger partial charge in [-0.25, -0.2) is 4.99 Å². The highest BCUT2D eigenvalue weighted by molar-refractivity contribution is 6.31. The Morgan fingerprint density at radius 1 is 1.11 bits per heavy atom. The van der Waals surface area contributed by atoms with Crippen LogP contribution in [0.1, 0.15) is 41.2 Å². The lowest BCUT2D eigenvalue weighted by Gasteiger charge is -2.15. The van der Waals surface area contributed by atoms with Crippen LogP contribution in [-0.2, 0) is 17.9 Å². The summed E-state index contributed by atoms with van der Waals surface area (Å²) in [6.45, 7) is 8.45. The molecule has 10 heteroatoms. The maximum absolute atomic E-state index is 13.0. The van der Waals surface area contributed by atoms with E-state index in [4.69, 9.17) is 16.3 Å². The van der Waals surface area contributed by atoms with Gasteiger partial charge in [0.1, 0.15) is 5.75 Å². The minimum absolute atomic E-state index is 0.187. The van der Waals surface area contributed by atoms with Crippen molar-refractivity contribution >= 4 is 40.7 Å². The zero-order valence-corrected chi connectivity index (χ0v) is 21.2. The van der Waals surface area contributed by atoms with Crippen LogP contribution in [0.3, 0.4) is 0 Å². The van der Waals surface area contributed by atoms with E-state index in [1.54, 1.807) is 49.6 Å². The molecule has 0 aliphatic rings. The van der Waals surface area contributed by atoms with Crippen molar-refractivity contribution < 1.29 is 14.3 Å². The number of hydrogen-bond acceptors (Lipinski definition) is 5. The van der Waals surface area contributed by atoms with Gasteiger partial charge in [0.25, 0.3) is 5.91 Å². The fourth-order valence-electron chi connectivity index (χ4n) is 3.53. The number of anilines is 2. The average Bonchev–Trinajstić information content (AvgIpc) is 3.10. The van der Waals surface area contributed by atoms with Crippen molar-refractivity contribution in [1.82, 2.24) is 15.1 Å². The molecule has 1 heterocycles. The number of aromatic nitrogens is 2. The number of benzene rings is 2. The van der Waals surface area contributed by atoms with Crippen molar-refractivity contribution in [3.8, 4) is 5.75 Å². The second-order valence-corrected chi connectivity index (χ2v) is 8.25. The number of amides is 2. The number of aliphatic imine (C=N–C) groups is 1. The molecule has 0 fully saturated rings. The average molecular weight is 497 g/mol. The van der Waals surface area contributed by atoms with E-state index in [9.17, 15) is 9.59 Å². The fraction of sp³-hybridized carbons (Fsp3) is 0.280. The predicted molar refractivity (Wildman–Crippen MR) is 138 cm³/mol. The van der Waals surface area contributed by atoms with E-state index < -0.39 is 0 Å². The van der Waals surface area contributed by atoms with E-state index in [1.165, 1.54) is 6.92 Å². The zero-order chi connectivity index (χ0) is 25.5. The Labute approximate surface area is 209 Å². The van der Waals surface area contributed by atoms with Crippen molar-refractivity contribution in [3.63, 3.8) is 0 Å². The SMILES string of the molecule is CCn1nc(C)c(CN=C(NC(=O)c2ccc(NC(C)=O)cc2)Nc2cc(Cl)ccc2OC)c1C. The smallest absolute Gasteiger partial charge is 0.257 e. The first-order valence-corrected chi connectivity index (χ1v) is 11.5. The topological polar surface area (TPSA) is 110 Å². The largest absolute Gasteiger partial charge is 0.495 e. The Morgan fingerprint density at radius 3 is 2.43 bits per heavy atom. The number of methoxy groups -OCH3 is 1. The number of guanidine groups is 1. The van der Waals surface area contributed by atoms with Crippen LogP contribution in [0.5, 0.6) is 5.75 Å². The Bertz CT molecular complexity index is 1250. The first kappa shape index (κ1) is 25.8. The molecule has 0 aliphatic heterocycles. The highest BCUT2D eigenvalue weighted by atomic mass is 35.5. The van der Waals surface area contributed by atoms with Crippen LogP contribution < -0.4 is 20.7 Å². The summed E-state index contributed by atoms with van der Waals surface area (Å²) in [6.07, 6.45) is 0. The van der Waals surface area contributed by atoms with Crippen molar-refractivity contribution in [1.29, 1.82) is 0 Å². The molecule has 0 bridgehead atoms. The van der Waals surface area contributed by atoms with Gasteiger partial charge in [0, 0.05) is 41.0 Å². The first-order chi connectivity index (χ1) is 16.7. The molecule has 35 heavy (non-hydrogen) atoms. The van der Waals surface area contributed by atoms with Crippen LogP contribution in [0, 0.1) is 13.8 Å². The monoisotopic (exact) mass is 496 g/mol. The molecule has 0 saturated carbocycles. The predicted octanol–water partition coefficient (Wildman–Crippen LogP) is 4.54. The lowest BCUT2D eigenvalue weighted by atomic mass is 10.2. The number of aryl methyl sites for hydroxylation is 2. The molecule has 0 unspecified atom stereocenters. The molecule has 0 spiro atoms. The third-order valence-corrected chi connectivity index (χ3v) is 5.58. The first-order valence-electron chi connectivity index (χ1n) is 11.1. The van der Waals surface area contributed by atoms with Crippen molar-refractivity contribution in [2.75, 3.05) is 17.7 Å². The number of carbonyl (C=O) groups is 2. The zero-order valence-electron chi connectivity index (χ0n) is 20.4. The minimum Gasteiger partial charge on any atom is -0.495 e. The third-order valence-electron chi connectivity index (χ3n) is 5.34. The molecule has 0 atom stereocenters. The lowest BCUT2D eigenvalue weighted by Crippen LogP contribution is -2.36. The van der Waals surface area contributed by atoms with Crippen molar-refractivity contribution in [3.05, 3.63) is 70.0 Å². The Balaban J connectivity index is 1.89. The number of nitrogens with one attached hydrogen (secondary N) is 3. The molecule has 3 N–H and O–H groups in total. The van der Waals surface area contributed by atoms with Gasteiger partial charge in [0.15, 0.2) is 0 Å². The van der Waals surface area contributed by atoms with Gasteiger partial charge in [0.2, 0.25) is 11.9 Å². The Hall–Kier alpha value is -3.85. The molecule has 0 aliphatic carbocycles. The number of carbonyl (C=O) groups excluding carboxylic acids is 2. The van der Waals surface area contributed by atoms with Crippen LogP contribution in [0.4, 0.5) is 11.4 Å². The van der Waals surface area contributed by atoms with Gasteiger partial charge in [-0.2, -0.15) is 5.10 Å². The summed E-state index contributed by atoms with van der Waals surface area (Å²) in [5.74, 6) is 0.212. The van der Waals surface area contributed by atoms with Gasteiger partial charge in [-0.15, -0.1) is 0 Å². The summed E-state index contributed by atoms with van der Waals surface area (Å²) in [7, 11) is 1.55. The number of ether oxygens (including phenoxy) is 1. The van der Waals surface area contributed by atoms with Gasteiger partial charge in [0.05, 0.1) is 25.0 Å². The van der Waals surface area contributed by atoms with Crippen LogP contribution >= 0.6 is 11.6 Å². The number of rotatable bonds is 7. The number of halogens is 1. The summed E-state index contributed by atoms with van der Waals surface area (Å²) in [5, 5.41) is 13.7. The molecule has 0 radical (unpaired) electrons. The van der Waals surface area contributed by atoms with Crippen LogP contribution in [0.2, 0.25) is 5.02 Å². The molecule has 1 aromatic heterocycles. The van der Waals surface area contributed by atoms with E-state index in [-0.39, 0.29) is 17.8 Å². The quantitative estimate of drug-likeness (QED) is 0.328. The summed E-state index contributed by atoms with van der Waals surface area (Å²) in [5.41, 5.74) is 4.44. The molecular formula is C25H29ClN6O3. The van der Waals surface area contributed by atoms with Gasteiger partial charge < -0.3 is 15.4 Å². The van der Waals surface area contributed by atoms with Crippen LogP contribution in [0.15, 0.2) is 47.5 Å². The highest BCUT2D eigenvalue weighted by Crippen LogP contribution is 2.27. The standard InChI is InChI=1S/C25H29ClN6O3/c1-6-32-16(3)21(15(2)31-32)14-27-25(29-22-13-19(26)9-12-23(22)35-5)30-24(34)18-7-10-20(11-8-18)28-17(4)33/h7-13H,6,14H2,1-5H3,(H,28,33)(H2,27,29,30,34). The summed E-state index contributed by atoms with van der Waals surface area (Å²) < 4.78 is 7.34. The molecule has 3 rings (SSSR count). The van der Waals surface area contributed by atoms with Gasteiger partial charge >= 0.3 is 0 Å². The lowest BCUT2D eigenvalue weighted by molar-refractivity contribution is -0.114. The Kier molecular flexibility index (Phi) is 8.48. The van der Waals surface area contributed by atoms with Crippen molar-refractivity contribution in [2.24, 2.45) is 4.99 Å². The van der Waals surface area contributed by atoms with Crippen molar-refractivity contribution in [2.45, 2.75) is 40.8 Å². The summed E-state index contributed by atoms with van der Waals surface area (Å²) in [4.78, 5) is 28.9. The normalized spacial score (nSPS) is 11.2. The third kappa shape index (κ3) is 6.60. The van der Waals surface area contributed by atoms with E-state index in [0.29, 0.717) is 34.3 Å². The highest BCUT2D eigenvalue weighted by Gasteiger charge is 2.15. The van der Waals surface area contributed by atoms with Gasteiger partial charge in [-0.1, -0.05) is 11.6 Å². The molecule has 0 saturated heterocycles.